The van der Waals surface area contributed by atoms with Gasteiger partial charge in [0.25, 0.3) is 0 Å². The minimum atomic E-state index is 0.230. The van der Waals surface area contributed by atoms with Crippen molar-refractivity contribution in [2.45, 2.75) is 39.7 Å². The summed E-state index contributed by atoms with van der Waals surface area (Å²) in [4.78, 5) is 11.6. The zero-order valence-corrected chi connectivity index (χ0v) is 9.71. The summed E-state index contributed by atoms with van der Waals surface area (Å²) >= 11 is 0. The normalized spacial score (nSPS) is 10.4. The molecule has 0 atom stereocenters. The van der Waals surface area contributed by atoms with Crippen molar-refractivity contribution in [1.82, 2.24) is 0 Å². The minimum Gasteiger partial charge on any atom is -0.383 e. The van der Waals surface area contributed by atoms with E-state index in [2.05, 4.69) is 19.2 Å². The fourth-order valence-electron chi connectivity index (χ4n) is 1.46. The van der Waals surface area contributed by atoms with Gasteiger partial charge in [0.05, 0.1) is 0 Å². The summed E-state index contributed by atoms with van der Waals surface area (Å²) in [6.07, 6.45) is 1.54. The average molecular weight is 205 g/mol. The predicted molar refractivity (Wildman–Crippen MR) is 64.4 cm³/mol. The van der Waals surface area contributed by atoms with Crippen molar-refractivity contribution in [3.63, 3.8) is 0 Å². The number of hydrogen-bond acceptors (Lipinski definition) is 2. The van der Waals surface area contributed by atoms with Gasteiger partial charge in [-0.25, -0.2) is 0 Å². The highest BCUT2D eigenvalue weighted by Gasteiger charge is 2.03. The summed E-state index contributed by atoms with van der Waals surface area (Å²) in [5.74, 6) is 0.230. The third kappa shape index (κ3) is 3.74. The molecule has 0 bridgehead atoms. The molecule has 1 rings (SSSR count). The van der Waals surface area contributed by atoms with Gasteiger partial charge in [0, 0.05) is 23.7 Å². The molecule has 0 unspecified atom stereocenters. The molecule has 2 nitrogen and oxygen atoms in total. The number of nitrogens with one attached hydrogen (secondary N) is 1. The van der Waals surface area contributed by atoms with Crippen molar-refractivity contribution in [3.05, 3.63) is 29.8 Å². The van der Waals surface area contributed by atoms with Gasteiger partial charge in [-0.05, 0) is 44.5 Å². The van der Waals surface area contributed by atoms with Gasteiger partial charge in [-0.15, -0.1) is 0 Å². The van der Waals surface area contributed by atoms with Crippen molar-refractivity contribution in [3.8, 4) is 0 Å². The van der Waals surface area contributed by atoms with Gasteiger partial charge in [0.2, 0.25) is 0 Å². The maximum absolute atomic E-state index is 11.6. The van der Waals surface area contributed by atoms with Crippen molar-refractivity contribution in [2.24, 2.45) is 0 Å². The molecular formula is C13H19NO. The van der Waals surface area contributed by atoms with Gasteiger partial charge in [0.15, 0.2) is 5.78 Å². The quantitative estimate of drug-likeness (QED) is 0.745. The zero-order chi connectivity index (χ0) is 11.3. The van der Waals surface area contributed by atoms with E-state index in [1.54, 1.807) is 0 Å². The fourth-order valence-corrected chi connectivity index (χ4v) is 1.46. The van der Waals surface area contributed by atoms with Crippen LogP contribution >= 0.6 is 0 Å². The number of carbonyl (C=O) groups excluding carboxylic acids is 1. The SMILES string of the molecule is CCCC(=O)c1ccc(NC(C)C)cc1. The number of carbonyl (C=O) groups is 1. The fraction of sp³-hybridized carbons (Fsp3) is 0.462. The predicted octanol–water partition coefficient (Wildman–Crippen LogP) is 3.49. The molecule has 0 amide bonds. The van der Waals surface area contributed by atoms with Gasteiger partial charge in [-0.2, -0.15) is 0 Å². The smallest absolute Gasteiger partial charge is 0.162 e. The number of benzene rings is 1. The molecule has 1 aromatic rings. The lowest BCUT2D eigenvalue weighted by Gasteiger charge is -2.09. The highest BCUT2D eigenvalue weighted by molar-refractivity contribution is 5.96. The van der Waals surface area contributed by atoms with Crippen molar-refractivity contribution in [1.29, 1.82) is 0 Å². The van der Waals surface area contributed by atoms with E-state index < -0.39 is 0 Å². The molecule has 15 heavy (non-hydrogen) atoms. The van der Waals surface area contributed by atoms with Gasteiger partial charge < -0.3 is 5.32 Å². The van der Waals surface area contributed by atoms with Crippen LogP contribution in [0.15, 0.2) is 24.3 Å². The summed E-state index contributed by atoms with van der Waals surface area (Å²) in [7, 11) is 0. The Morgan fingerprint density at radius 2 is 1.87 bits per heavy atom. The van der Waals surface area contributed by atoms with Crippen LogP contribution in [0.3, 0.4) is 0 Å². The molecule has 82 valence electrons. The topological polar surface area (TPSA) is 29.1 Å². The van der Waals surface area contributed by atoms with Crippen LogP contribution < -0.4 is 5.32 Å². The largest absolute Gasteiger partial charge is 0.383 e. The van der Waals surface area contributed by atoms with Gasteiger partial charge in [0.1, 0.15) is 0 Å². The van der Waals surface area contributed by atoms with Gasteiger partial charge in [-0.1, -0.05) is 6.92 Å². The van der Waals surface area contributed by atoms with E-state index in [1.807, 2.05) is 31.2 Å². The Kier molecular flexibility index (Phi) is 4.35. The van der Waals surface area contributed by atoms with Crippen LogP contribution in [-0.4, -0.2) is 11.8 Å². The first-order chi connectivity index (χ1) is 7.13. The zero-order valence-electron chi connectivity index (χ0n) is 9.71. The second kappa shape index (κ2) is 5.54. The Balaban J connectivity index is 2.67. The van der Waals surface area contributed by atoms with E-state index >= 15 is 0 Å². The Morgan fingerprint density at radius 1 is 1.27 bits per heavy atom. The number of anilines is 1. The summed E-state index contributed by atoms with van der Waals surface area (Å²) < 4.78 is 0. The molecule has 1 N–H and O–H groups in total. The maximum atomic E-state index is 11.6. The van der Waals surface area contributed by atoms with Crippen molar-refractivity contribution >= 4 is 11.5 Å². The van der Waals surface area contributed by atoms with E-state index in [0.717, 1.165) is 17.7 Å². The van der Waals surface area contributed by atoms with E-state index in [9.17, 15) is 4.79 Å². The summed E-state index contributed by atoms with van der Waals surface area (Å²) in [5, 5.41) is 3.29. The molecular weight excluding hydrogens is 186 g/mol. The van der Waals surface area contributed by atoms with Crippen LogP contribution in [0.25, 0.3) is 0 Å². The van der Waals surface area contributed by atoms with E-state index in [4.69, 9.17) is 0 Å². The van der Waals surface area contributed by atoms with E-state index in [1.165, 1.54) is 0 Å². The Bertz CT molecular complexity index is 314. The number of Topliss-reactive ketones (excluding diaryl/α,β-unsaturated/α-hetero) is 1. The number of ketones is 1. The van der Waals surface area contributed by atoms with Crippen LogP contribution in [0.1, 0.15) is 44.0 Å². The first kappa shape index (κ1) is 11.8. The third-order valence-corrected chi connectivity index (χ3v) is 2.14. The molecule has 0 aliphatic carbocycles. The average Bonchev–Trinajstić information content (AvgIpc) is 2.18. The molecule has 0 saturated heterocycles. The Morgan fingerprint density at radius 3 is 2.33 bits per heavy atom. The molecule has 0 aliphatic heterocycles. The first-order valence-corrected chi connectivity index (χ1v) is 5.53. The molecule has 0 saturated carbocycles. The summed E-state index contributed by atoms with van der Waals surface area (Å²) in [6.45, 7) is 6.21. The number of rotatable bonds is 5. The summed E-state index contributed by atoms with van der Waals surface area (Å²) in [5.41, 5.74) is 1.88. The van der Waals surface area contributed by atoms with Gasteiger partial charge >= 0.3 is 0 Å². The molecule has 0 radical (unpaired) electrons. The third-order valence-electron chi connectivity index (χ3n) is 2.14. The lowest BCUT2D eigenvalue weighted by Crippen LogP contribution is -2.09. The minimum absolute atomic E-state index is 0.230. The van der Waals surface area contributed by atoms with Crippen LogP contribution in [0.4, 0.5) is 5.69 Å². The molecule has 0 aromatic heterocycles. The second-order valence-electron chi connectivity index (χ2n) is 4.05. The lowest BCUT2D eigenvalue weighted by molar-refractivity contribution is 0.0982. The highest BCUT2D eigenvalue weighted by Crippen LogP contribution is 2.12. The molecule has 1 aromatic carbocycles. The van der Waals surface area contributed by atoms with Crippen molar-refractivity contribution < 1.29 is 4.79 Å². The molecule has 2 heteroatoms. The molecule has 0 heterocycles. The lowest BCUT2D eigenvalue weighted by atomic mass is 10.1. The summed E-state index contributed by atoms with van der Waals surface area (Å²) in [6, 6.07) is 8.12. The molecule has 0 fully saturated rings. The number of hydrogen-bond donors (Lipinski definition) is 1. The van der Waals surface area contributed by atoms with Crippen molar-refractivity contribution in [2.75, 3.05) is 5.32 Å². The Labute approximate surface area is 91.7 Å². The molecule has 0 spiro atoms. The highest BCUT2D eigenvalue weighted by atomic mass is 16.1. The van der Waals surface area contributed by atoms with E-state index in [0.29, 0.717) is 12.5 Å². The first-order valence-electron chi connectivity index (χ1n) is 5.53. The van der Waals surface area contributed by atoms with Gasteiger partial charge in [-0.3, -0.25) is 4.79 Å². The van der Waals surface area contributed by atoms with Crippen LogP contribution in [0, 0.1) is 0 Å². The van der Waals surface area contributed by atoms with Crippen LogP contribution in [0.5, 0.6) is 0 Å². The van der Waals surface area contributed by atoms with Crippen LogP contribution in [-0.2, 0) is 0 Å². The monoisotopic (exact) mass is 205 g/mol. The van der Waals surface area contributed by atoms with E-state index in [-0.39, 0.29) is 5.78 Å². The maximum Gasteiger partial charge on any atom is 0.162 e. The second-order valence-corrected chi connectivity index (χ2v) is 4.05. The molecule has 0 aliphatic rings. The Hall–Kier alpha value is -1.31. The van der Waals surface area contributed by atoms with Crippen LogP contribution in [0.2, 0.25) is 0 Å². The standard InChI is InChI=1S/C13H19NO/c1-4-5-13(15)11-6-8-12(9-7-11)14-10(2)3/h6-10,14H,4-5H2,1-3H3.